The predicted molar refractivity (Wildman–Crippen MR) is 73.3 cm³/mol. The molecule has 1 heterocycles. The fourth-order valence-electron chi connectivity index (χ4n) is 2.84. The van der Waals surface area contributed by atoms with Gasteiger partial charge in [-0.2, -0.15) is 0 Å². The van der Waals surface area contributed by atoms with Crippen LogP contribution in [0.15, 0.2) is 24.3 Å². The van der Waals surface area contributed by atoms with Gasteiger partial charge in [0.25, 0.3) is 0 Å². The van der Waals surface area contributed by atoms with Crippen LogP contribution in [0.3, 0.4) is 0 Å². The second kappa shape index (κ2) is 6.06. The lowest BCUT2D eigenvalue weighted by Gasteiger charge is -2.35. The SMILES string of the molecule is COc1ccccc1C(C(=O)O)N1CCCC(C)C1. The van der Waals surface area contributed by atoms with Gasteiger partial charge in [-0.1, -0.05) is 25.1 Å². The summed E-state index contributed by atoms with van der Waals surface area (Å²) >= 11 is 0. The van der Waals surface area contributed by atoms with E-state index in [1.807, 2.05) is 29.2 Å². The van der Waals surface area contributed by atoms with Gasteiger partial charge in [0.15, 0.2) is 0 Å². The van der Waals surface area contributed by atoms with Crippen molar-refractivity contribution < 1.29 is 14.6 Å². The van der Waals surface area contributed by atoms with E-state index in [4.69, 9.17) is 4.74 Å². The molecule has 1 aliphatic rings. The number of carboxylic acid groups (broad SMARTS) is 1. The van der Waals surface area contributed by atoms with Crippen LogP contribution in [0.1, 0.15) is 31.4 Å². The molecule has 4 nitrogen and oxygen atoms in total. The molecular weight excluding hydrogens is 242 g/mol. The van der Waals surface area contributed by atoms with Gasteiger partial charge in [-0.15, -0.1) is 0 Å². The number of ether oxygens (including phenoxy) is 1. The third-order valence-corrected chi connectivity index (χ3v) is 3.72. The van der Waals surface area contributed by atoms with E-state index in [1.165, 1.54) is 6.42 Å². The molecule has 2 unspecified atom stereocenters. The van der Waals surface area contributed by atoms with Gasteiger partial charge < -0.3 is 9.84 Å². The number of aliphatic carboxylic acids is 1. The Balaban J connectivity index is 2.31. The van der Waals surface area contributed by atoms with Gasteiger partial charge >= 0.3 is 5.97 Å². The van der Waals surface area contributed by atoms with Gasteiger partial charge in [0.1, 0.15) is 11.8 Å². The molecule has 0 aliphatic carbocycles. The number of benzene rings is 1. The minimum atomic E-state index is -0.807. The number of rotatable bonds is 4. The van der Waals surface area contributed by atoms with E-state index >= 15 is 0 Å². The quantitative estimate of drug-likeness (QED) is 0.907. The summed E-state index contributed by atoms with van der Waals surface area (Å²) in [6, 6.07) is 6.77. The van der Waals surface area contributed by atoms with E-state index in [0.717, 1.165) is 25.1 Å². The first-order valence-electron chi connectivity index (χ1n) is 6.73. The van der Waals surface area contributed by atoms with Gasteiger partial charge in [-0.25, -0.2) is 0 Å². The molecule has 1 fully saturated rings. The highest BCUT2D eigenvalue weighted by atomic mass is 16.5. The highest BCUT2D eigenvalue weighted by Crippen LogP contribution is 2.32. The summed E-state index contributed by atoms with van der Waals surface area (Å²) in [4.78, 5) is 13.7. The molecule has 2 rings (SSSR count). The number of likely N-dealkylation sites (tertiary alicyclic amines) is 1. The van der Waals surface area contributed by atoms with Crippen LogP contribution < -0.4 is 4.74 Å². The Morgan fingerprint density at radius 3 is 2.84 bits per heavy atom. The fourth-order valence-corrected chi connectivity index (χ4v) is 2.84. The van der Waals surface area contributed by atoms with Crippen LogP contribution in [0.5, 0.6) is 5.75 Å². The standard InChI is InChI=1S/C15H21NO3/c1-11-6-5-9-16(10-11)14(15(17)18)12-7-3-4-8-13(12)19-2/h3-4,7-8,11,14H,5-6,9-10H2,1-2H3,(H,17,18). The molecule has 1 aromatic carbocycles. The normalized spacial score (nSPS) is 21.9. The molecule has 1 N–H and O–H groups in total. The second-order valence-electron chi connectivity index (χ2n) is 5.23. The van der Waals surface area contributed by atoms with E-state index in [9.17, 15) is 9.90 Å². The number of piperidine rings is 1. The Kier molecular flexibility index (Phi) is 4.43. The van der Waals surface area contributed by atoms with E-state index < -0.39 is 12.0 Å². The van der Waals surface area contributed by atoms with E-state index in [0.29, 0.717) is 11.7 Å². The van der Waals surface area contributed by atoms with Gasteiger partial charge in [0, 0.05) is 12.1 Å². The fraction of sp³-hybridized carbons (Fsp3) is 0.533. The van der Waals surface area contributed by atoms with Gasteiger partial charge in [0.2, 0.25) is 0 Å². The molecule has 0 saturated carbocycles. The van der Waals surface area contributed by atoms with Gasteiger partial charge in [0.05, 0.1) is 7.11 Å². The predicted octanol–water partition coefficient (Wildman–Crippen LogP) is 2.55. The Morgan fingerprint density at radius 2 is 2.21 bits per heavy atom. The largest absolute Gasteiger partial charge is 0.496 e. The topological polar surface area (TPSA) is 49.8 Å². The summed E-state index contributed by atoms with van der Waals surface area (Å²) in [6.45, 7) is 3.83. The highest BCUT2D eigenvalue weighted by Gasteiger charge is 2.32. The molecule has 0 amide bonds. The number of carbonyl (C=O) groups is 1. The van der Waals surface area contributed by atoms with Gasteiger partial charge in [-0.3, -0.25) is 9.69 Å². The number of carboxylic acids is 1. The minimum Gasteiger partial charge on any atom is -0.496 e. The third kappa shape index (κ3) is 3.07. The molecule has 1 aliphatic heterocycles. The summed E-state index contributed by atoms with van der Waals surface area (Å²) in [5.41, 5.74) is 0.742. The molecule has 0 radical (unpaired) electrons. The summed E-state index contributed by atoms with van der Waals surface area (Å²) < 4.78 is 5.30. The van der Waals surface area contributed by atoms with Crippen molar-refractivity contribution in [2.45, 2.75) is 25.8 Å². The first kappa shape index (κ1) is 13.9. The first-order valence-corrected chi connectivity index (χ1v) is 6.73. The van der Waals surface area contributed by atoms with Crippen molar-refractivity contribution in [1.29, 1.82) is 0 Å². The van der Waals surface area contributed by atoms with Crippen molar-refractivity contribution in [3.63, 3.8) is 0 Å². The van der Waals surface area contributed by atoms with Crippen LogP contribution in [0, 0.1) is 5.92 Å². The average Bonchev–Trinajstić information content (AvgIpc) is 2.39. The summed E-state index contributed by atoms with van der Waals surface area (Å²) in [7, 11) is 1.58. The van der Waals surface area contributed by atoms with Crippen LogP contribution in [-0.4, -0.2) is 36.2 Å². The zero-order valence-corrected chi connectivity index (χ0v) is 11.5. The number of nitrogens with zero attached hydrogens (tertiary/aromatic N) is 1. The van der Waals surface area contributed by atoms with Gasteiger partial charge in [-0.05, 0) is 31.4 Å². The maximum Gasteiger partial charge on any atom is 0.325 e. The molecule has 19 heavy (non-hydrogen) atoms. The van der Waals surface area contributed by atoms with Crippen LogP contribution >= 0.6 is 0 Å². The van der Waals surface area contributed by atoms with Crippen LogP contribution in [0.4, 0.5) is 0 Å². The molecule has 0 bridgehead atoms. The minimum absolute atomic E-state index is 0.547. The zero-order chi connectivity index (χ0) is 13.8. The Bertz CT molecular complexity index is 447. The Hall–Kier alpha value is -1.55. The van der Waals surface area contributed by atoms with Crippen LogP contribution in [0.25, 0.3) is 0 Å². The van der Waals surface area contributed by atoms with Crippen LogP contribution in [0.2, 0.25) is 0 Å². The maximum absolute atomic E-state index is 11.7. The Labute approximate surface area is 114 Å². The lowest BCUT2D eigenvalue weighted by molar-refractivity contribution is -0.144. The molecular formula is C15H21NO3. The van der Waals surface area contributed by atoms with Crippen molar-refractivity contribution in [2.24, 2.45) is 5.92 Å². The summed E-state index contributed by atoms with van der Waals surface area (Å²) in [5, 5.41) is 9.59. The van der Waals surface area contributed by atoms with E-state index in [-0.39, 0.29) is 0 Å². The van der Waals surface area contributed by atoms with Crippen LogP contribution in [-0.2, 0) is 4.79 Å². The highest BCUT2D eigenvalue weighted by molar-refractivity contribution is 5.76. The lowest BCUT2D eigenvalue weighted by atomic mass is 9.96. The Morgan fingerprint density at radius 1 is 1.47 bits per heavy atom. The molecule has 4 heteroatoms. The first-order chi connectivity index (χ1) is 9.13. The van der Waals surface area contributed by atoms with Crippen molar-refractivity contribution in [3.05, 3.63) is 29.8 Å². The number of methoxy groups -OCH3 is 1. The summed E-state index contributed by atoms with van der Waals surface area (Å²) in [6.07, 6.45) is 2.23. The molecule has 104 valence electrons. The molecule has 1 aromatic rings. The third-order valence-electron chi connectivity index (χ3n) is 3.72. The van der Waals surface area contributed by atoms with Crippen molar-refractivity contribution >= 4 is 5.97 Å². The molecule has 1 saturated heterocycles. The van der Waals surface area contributed by atoms with Crippen molar-refractivity contribution in [1.82, 2.24) is 4.90 Å². The molecule has 0 aromatic heterocycles. The monoisotopic (exact) mass is 263 g/mol. The van der Waals surface area contributed by atoms with E-state index in [1.54, 1.807) is 7.11 Å². The van der Waals surface area contributed by atoms with Crippen molar-refractivity contribution in [2.75, 3.05) is 20.2 Å². The number of hydrogen-bond donors (Lipinski definition) is 1. The van der Waals surface area contributed by atoms with Crippen molar-refractivity contribution in [3.8, 4) is 5.75 Å². The summed E-state index contributed by atoms with van der Waals surface area (Å²) in [5.74, 6) is 0.386. The second-order valence-corrected chi connectivity index (χ2v) is 5.23. The van der Waals surface area contributed by atoms with E-state index in [2.05, 4.69) is 6.92 Å². The molecule has 2 atom stereocenters. The zero-order valence-electron chi connectivity index (χ0n) is 11.5. The smallest absolute Gasteiger partial charge is 0.325 e. The molecule has 0 spiro atoms. The number of hydrogen-bond acceptors (Lipinski definition) is 3. The number of para-hydroxylation sites is 1. The maximum atomic E-state index is 11.7. The lowest BCUT2D eigenvalue weighted by Crippen LogP contribution is -2.40. The average molecular weight is 263 g/mol.